The Balaban J connectivity index is 1.86. The fraction of sp³-hybridized carbons (Fsp3) is 0.867. The molecule has 2 saturated heterocycles. The van der Waals surface area contributed by atoms with Crippen molar-refractivity contribution in [3.8, 4) is 0 Å². The lowest BCUT2D eigenvalue weighted by atomic mass is 10.2. The summed E-state index contributed by atoms with van der Waals surface area (Å²) in [6.45, 7) is 9.07. The monoisotopic (exact) mass is 312 g/mol. The molecule has 0 bridgehead atoms. The highest BCUT2D eigenvalue weighted by molar-refractivity contribution is 5.80. The van der Waals surface area contributed by atoms with Crippen molar-refractivity contribution in [1.82, 2.24) is 15.1 Å². The predicted molar refractivity (Wildman–Crippen MR) is 85.0 cm³/mol. The Morgan fingerprint density at radius 1 is 1.36 bits per heavy atom. The Morgan fingerprint density at radius 3 is 2.82 bits per heavy atom. The summed E-state index contributed by atoms with van der Waals surface area (Å²) in [7, 11) is 1.41. The maximum absolute atomic E-state index is 11.2. The van der Waals surface area contributed by atoms with Crippen molar-refractivity contribution in [3.05, 3.63) is 0 Å². The summed E-state index contributed by atoms with van der Waals surface area (Å²) >= 11 is 0. The molecule has 2 heterocycles. The highest BCUT2D eigenvalue weighted by atomic mass is 16.5. The number of nitrogens with zero attached hydrogens (tertiary/aromatic N) is 3. The van der Waals surface area contributed by atoms with Crippen molar-refractivity contribution < 1.29 is 14.3 Å². The van der Waals surface area contributed by atoms with E-state index in [1.807, 2.05) is 0 Å². The second-order valence-electron chi connectivity index (χ2n) is 5.60. The first-order valence-electron chi connectivity index (χ1n) is 8.16. The summed E-state index contributed by atoms with van der Waals surface area (Å²) in [4.78, 5) is 20.5. The van der Waals surface area contributed by atoms with Gasteiger partial charge in [0.1, 0.15) is 0 Å². The molecule has 0 aromatic carbocycles. The van der Waals surface area contributed by atoms with Crippen LogP contribution in [0.15, 0.2) is 4.99 Å². The second kappa shape index (κ2) is 8.95. The van der Waals surface area contributed by atoms with E-state index in [9.17, 15) is 4.79 Å². The number of guanidine groups is 1. The third kappa shape index (κ3) is 4.84. The van der Waals surface area contributed by atoms with E-state index in [-0.39, 0.29) is 5.97 Å². The zero-order valence-electron chi connectivity index (χ0n) is 13.7. The van der Waals surface area contributed by atoms with E-state index < -0.39 is 0 Å². The van der Waals surface area contributed by atoms with Crippen molar-refractivity contribution in [2.45, 2.75) is 25.8 Å². The van der Waals surface area contributed by atoms with Crippen molar-refractivity contribution in [1.29, 1.82) is 0 Å². The van der Waals surface area contributed by atoms with Crippen LogP contribution < -0.4 is 5.32 Å². The number of hydrogen-bond acceptors (Lipinski definition) is 5. The van der Waals surface area contributed by atoms with Gasteiger partial charge in [0.2, 0.25) is 0 Å². The fourth-order valence-electron chi connectivity index (χ4n) is 2.96. The molecule has 1 N–H and O–H groups in total. The Hall–Kier alpha value is -1.34. The Kier molecular flexibility index (Phi) is 6.92. The molecule has 2 rings (SSSR count). The molecule has 0 saturated carbocycles. The Morgan fingerprint density at radius 2 is 2.14 bits per heavy atom. The van der Waals surface area contributed by atoms with Gasteiger partial charge in [0.25, 0.3) is 0 Å². The molecular formula is C15H28N4O3. The number of ether oxygens (including phenoxy) is 2. The van der Waals surface area contributed by atoms with Crippen LogP contribution in [0.3, 0.4) is 0 Å². The van der Waals surface area contributed by atoms with Gasteiger partial charge in [0.05, 0.1) is 33.3 Å². The molecule has 0 aliphatic carbocycles. The van der Waals surface area contributed by atoms with Crippen LogP contribution in [0.1, 0.15) is 19.8 Å². The summed E-state index contributed by atoms with van der Waals surface area (Å²) in [6, 6.07) is 0.577. The van der Waals surface area contributed by atoms with E-state index in [1.165, 1.54) is 7.11 Å². The van der Waals surface area contributed by atoms with Crippen molar-refractivity contribution in [2.75, 3.05) is 59.6 Å². The zero-order chi connectivity index (χ0) is 15.8. The summed E-state index contributed by atoms with van der Waals surface area (Å²) in [5.41, 5.74) is 0. The molecule has 0 spiro atoms. The molecule has 0 aromatic rings. The molecular weight excluding hydrogens is 284 g/mol. The van der Waals surface area contributed by atoms with E-state index in [1.54, 1.807) is 0 Å². The Bertz CT molecular complexity index is 383. The topological polar surface area (TPSA) is 66.4 Å². The fourth-order valence-corrected chi connectivity index (χ4v) is 2.96. The van der Waals surface area contributed by atoms with Gasteiger partial charge in [-0.05, 0) is 13.3 Å². The third-order valence-corrected chi connectivity index (χ3v) is 4.17. The molecule has 0 amide bonds. The van der Waals surface area contributed by atoms with Crippen molar-refractivity contribution in [2.24, 2.45) is 4.99 Å². The number of carbonyl (C=O) groups excluding carboxylic acids is 1. The third-order valence-electron chi connectivity index (χ3n) is 4.17. The van der Waals surface area contributed by atoms with Gasteiger partial charge in [-0.3, -0.25) is 14.7 Å². The summed E-state index contributed by atoms with van der Waals surface area (Å²) in [5, 5.41) is 3.32. The average molecular weight is 312 g/mol. The molecule has 126 valence electrons. The van der Waals surface area contributed by atoms with Gasteiger partial charge in [0, 0.05) is 38.8 Å². The van der Waals surface area contributed by atoms with Crippen molar-refractivity contribution in [3.63, 3.8) is 0 Å². The number of rotatable bonds is 5. The van der Waals surface area contributed by atoms with Crippen LogP contribution in [0, 0.1) is 0 Å². The molecule has 0 radical (unpaired) electrons. The molecule has 22 heavy (non-hydrogen) atoms. The maximum atomic E-state index is 11.2. The van der Waals surface area contributed by atoms with Gasteiger partial charge in [0.15, 0.2) is 5.96 Å². The number of esters is 1. The minimum atomic E-state index is -0.216. The van der Waals surface area contributed by atoms with Crippen LogP contribution in [0.5, 0.6) is 0 Å². The number of hydrogen-bond donors (Lipinski definition) is 1. The molecule has 1 atom stereocenters. The number of morpholine rings is 1. The van der Waals surface area contributed by atoms with Crippen LogP contribution >= 0.6 is 0 Å². The minimum absolute atomic E-state index is 0.216. The van der Waals surface area contributed by atoms with Crippen LogP contribution in [-0.2, 0) is 14.3 Å². The molecule has 0 aromatic heterocycles. The smallest absolute Gasteiger partial charge is 0.307 e. The number of aliphatic imine (C=N–C) groups is 1. The van der Waals surface area contributed by atoms with Crippen molar-refractivity contribution >= 4 is 11.9 Å². The highest BCUT2D eigenvalue weighted by Gasteiger charge is 2.30. The lowest BCUT2D eigenvalue weighted by molar-refractivity contribution is -0.140. The van der Waals surface area contributed by atoms with Crippen LogP contribution in [0.25, 0.3) is 0 Å². The molecule has 7 heteroatoms. The van der Waals surface area contributed by atoms with E-state index in [4.69, 9.17) is 4.74 Å². The first kappa shape index (κ1) is 17.0. The largest absolute Gasteiger partial charge is 0.469 e. The molecule has 2 aliphatic rings. The first-order chi connectivity index (χ1) is 10.7. The standard InChI is InChI=1S/C15H28N4O3/c1-3-16-15(17-6-4-14(20)21-2)19-7-5-13(12-19)18-8-10-22-11-9-18/h13H,3-12H2,1-2H3,(H,16,17). The Labute approximate surface area is 132 Å². The molecule has 2 aliphatic heterocycles. The van der Waals surface area contributed by atoms with Gasteiger partial charge in [-0.1, -0.05) is 0 Å². The van der Waals surface area contributed by atoms with Gasteiger partial charge in [-0.2, -0.15) is 0 Å². The van der Waals surface area contributed by atoms with E-state index in [0.29, 0.717) is 19.0 Å². The number of methoxy groups -OCH3 is 1. The van der Waals surface area contributed by atoms with E-state index in [2.05, 4.69) is 31.8 Å². The molecule has 2 fully saturated rings. The summed E-state index contributed by atoms with van der Waals surface area (Å²) in [6.07, 6.45) is 1.48. The van der Waals surface area contributed by atoms with Gasteiger partial charge >= 0.3 is 5.97 Å². The normalized spacial score (nSPS) is 23.6. The number of nitrogens with one attached hydrogen (secondary N) is 1. The van der Waals surface area contributed by atoms with Gasteiger partial charge in [-0.25, -0.2) is 0 Å². The van der Waals surface area contributed by atoms with Crippen LogP contribution in [0.4, 0.5) is 0 Å². The maximum Gasteiger partial charge on any atom is 0.307 e. The van der Waals surface area contributed by atoms with Gasteiger partial charge < -0.3 is 19.7 Å². The van der Waals surface area contributed by atoms with Crippen LogP contribution in [0.2, 0.25) is 0 Å². The lowest BCUT2D eigenvalue weighted by Gasteiger charge is -2.32. The first-order valence-corrected chi connectivity index (χ1v) is 8.16. The summed E-state index contributed by atoms with van der Waals surface area (Å²) < 4.78 is 10.1. The molecule has 1 unspecified atom stereocenters. The van der Waals surface area contributed by atoms with Gasteiger partial charge in [-0.15, -0.1) is 0 Å². The molecule has 7 nitrogen and oxygen atoms in total. The van der Waals surface area contributed by atoms with Crippen LogP contribution in [-0.4, -0.2) is 87.4 Å². The minimum Gasteiger partial charge on any atom is -0.469 e. The second-order valence-corrected chi connectivity index (χ2v) is 5.60. The van der Waals surface area contributed by atoms with E-state index in [0.717, 1.165) is 58.3 Å². The summed E-state index contributed by atoms with van der Waals surface area (Å²) in [5.74, 6) is 0.689. The van der Waals surface area contributed by atoms with E-state index >= 15 is 0 Å². The number of carbonyl (C=O) groups is 1. The average Bonchev–Trinajstić information content (AvgIpc) is 3.04. The highest BCUT2D eigenvalue weighted by Crippen LogP contribution is 2.17. The SMILES string of the molecule is CCNC(=NCCC(=O)OC)N1CCC(N2CCOCC2)C1. The predicted octanol–water partition coefficient (Wildman–Crippen LogP) is -0.0785. The lowest BCUT2D eigenvalue weighted by Crippen LogP contribution is -2.46. The quantitative estimate of drug-likeness (QED) is 0.435. The zero-order valence-corrected chi connectivity index (χ0v) is 13.7. The number of likely N-dealkylation sites (tertiary alicyclic amines) is 1.